The first kappa shape index (κ1) is 13.8. The molecule has 0 unspecified atom stereocenters. The Kier molecular flexibility index (Phi) is 3.72. The molecule has 0 aliphatic carbocycles. The van der Waals surface area contributed by atoms with Crippen LogP contribution in [0.1, 0.15) is 32.2 Å². The zero-order chi connectivity index (χ0) is 13.5. The van der Waals surface area contributed by atoms with Gasteiger partial charge >= 0.3 is 5.69 Å². The molecule has 1 aromatic rings. The molecule has 2 rings (SSSR count). The normalized spacial score (nSPS) is 30.6. The zero-order valence-electron chi connectivity index (χ0n) is 10.6. The molecule has 1 saturated heterocycles. The van der Waals surface area contributed by atoms with Gasteiger partial charge in [0.15, 0.2) is 10.6 Å². The highest BCUT2D eigenvalue weighted by Crippen LogP contribution is 2.50. The standard InChI is InChI=1S/C12H16Cl2N2O2/c1-4-9-8(3)12(13,14)10(18-9)16-6-5-7(2)15-11(16)17/h5-6,8-10H,4H2,1-3H3/t8-,9-,10-/m1/s1. The molecule has 1 fully saturated rings. The molecule has 0 aromatic carbocycles. The first-order valence-electron chi connectivity index (χ1n) is 5.97. The summed E-state index contributed by atoms with van der Waals surface area (Å²) in [6, 6.07) is 1.73. The van der Waals surface area contributed by atoms with Gasteiger partial charge in [0.1, 0.15) is 0 Å². The van der Waals surface area contributed by atoms with Crippen molar-refractivity contribution in [2.75, 3.05) is 0 Å². The Morgan fingerprint density at radius 3 is 2.72 bits per heavy atom. The lowest BCUT2D eigenvalue weighted by molar-refractivity contribution is -0.00923. The smallest absolute Gasteiger partial charge is 0.349 e. The quantitative estimate of drug-likeness (QED) is 0.787. The third-order valence-electron chi connectivity index (χ3n) is 3.42. The van der Waals surface area contributed by atoms with Crippen LogP contribution in [-0.4, -0.2) is 20.0 Å². The van der Waals surface area contributed by atoms with E-state index < -0.39 is 16.3 Å². The maximum Gasteiger partial charge on any atom is 0.349 e. The maximum atomic E-state index is 11.9. The van der Waals surface area contributed by atoms with Gasteiger partial charge in [0.05, 0.1) is 6.10 Å². The lowest BCUT2D eigenvalue weighted by Gasteiger charge is -2.24. The van der Waals surface area contributed by atoms with Crippen LogP contribution in [0.25, 0.3) is 0 Å². The molecule has 1 aliphatic heterocycles. The highest BCUT2D eigenvalue weighted by atomic mass is 35.5. The fraction of sp³-hybridized carbons (Fsp3) is 0.667. The summed E-state index contributed by atoms with van der Waals surface area (Å²) in [5.74, 6) is -0.0518. The van der Waals surface area contributed by atoms with E-state index in [-0.39, 0.29) is 12.0 Å². The molecule has 100 valence electrons. The van der Waals surface area contributed by atoms with E-state index >= 15 is 0 Å². The van der Waals surface area contributed by atoms with E-state index in [0.29, 0.717) is 5.69 Å². The van der Waals surface area contributed by atoms with E-state index in [2.05, 4.69) is 4.98 Å². The minimum absolute atomic E-state index is 0.0518. The molecule has 1 aromatic heterocycles. The van der Waals surface area contributed by atoms with Crippen LogP contribution in [0.2, 0.25) is 0 Å². The van der Waals surface area contributed by atoms with Gasteiger partial charge in [-0.3, -0.25) is 4.57 Å². The molecule has 0 saturated carbocycles. The maximum absolute atomic E-state index is 11.9. The first-order valence-corrected chi connectivity index (χ1v) is 6.72. The Morgan fingerprint density at radius 1 is 1.56 bits per heavy atom. The van der Waals surface area contributed by atoms with Crippen molar-refractivity contribution in [2.24, 2.45) is 5.92 Å². The van der Waals surface area contributed by atoms with Gasteiger partial charge in [-0.2, -0.15) is 4.98 Å². The fourth-order valence-electron chi connectivity index (χ4n) is 2.22. The van der Waals surface area contributed by atoms with Gasteiger partial charge in [-0.05, 0) is 19.4 Å². The van der Waals surface area contributed by atoms with Crippen molar-refractivity contribution < 1.29 is 4.74 Å². The van der Waals surface area contributed by atoms with Crippen LogP contribution >= 0.6 is 23.2 Å². The second-order valence-corrected chi connectivity index (χ2v) is 6.10. The van der Waals surface area contributed by atoms with Crippen LogP contribution in [0.3, 0.4) is 0 Å². The molecule has 18 heavy (non-hydrogen) atoms. The Morgan fingerprint density at radius 2 is 2.22 bits per heavy atom. The van der Waals surface area contributed by atoms with Crippen molar-refractivity contribution in [2.45, 2.75) is 43.9 Å². The van der Waals surface area contributed by atoms with Crippen molar-refractivity contribution in [3.8, 4) is 0 Å². The molecule has 0 bridgehead atoms. The summed E-state index contributed by atoms with van der Waals surface area (Å²) in [4.78, 5) is 15.7. The summed E-state index contributed by atoms with van der Waals surface area (Å²) in [6.45, 7) is 5.69. The second-order valence-electron chi connectivity index (χ2n) is 4.66. The van der Waals surface area contributed by atoms with Gasteiger partial charge in [0.25, 0.3) is 0 Å². The monoisotopic (exact) mass is 290 g/mol. The largest absolute Gasteiger partial charge is 0.351 e. The van der Waals surface area contributed by atoms with Crippen LogP contribution < -0.4 is 5.69 Å². The molecule has 2 heterocycles. The molecule has 0 radical (unpaired) electrons. The van der Waals surface area contributed by atoms with Gasteiger partial charge in [0.2, 0.25) is 0 Å². The molecule has 0 amide bonds. The van der Waals surface area contributed by atoms with Crippen molar-refractivity contribution in [3.63, 3.8) is 0 Å². The van der Waals surface area contributed by atoms with Gasteiger partial charge in [-0.25, -0.2) is 4.79 Å². The van der Waals surface area contributed by atoms with Crippen LogP contribution in [0.5, 0.6) is 0 Å². The van der Waals surface area contributed by atoms with E-state index in [1.165, 1.54) is 4.57 Å². The van der Waals surface area contributed by atoms with E-state index in [4.69, 9.17) is 27.9 Å². The van der Waals surface area contributed by atoms with Gasteiger partial charge in [0, 0.05) is 17.8 Å². The molecule has 4 nitrogen and oxygen atoms in total. The summed E-state index contributed by atoms with van der Waals surface area (Å²) in [7, 11) is 0. The predicted octanol–water partition coefficient (Wildman–Crippen LogP) is 2.67. The van der Waals surface area contributed by atoms with E-state index in [9.17, 15) is 4.79 Å². The van der Waals surface area contributed by atoms with E-state index in [0.717, 1.165) is 6.42 Å². The Bertz CT molecular complexity index is 501. The lowest BCUT2D eigenvalue weighted by atomic mass is 10.0. The summed E-state index contributed by atoms with van der Waals surface area (Å²) in [5.41, 5.74) is 0.263. The number of nitrogens with zero attached hydrogens (tertiary/aromatic N) is 2. The number of aromatic nitrogens is 2. The van der Waals surface area contributed by atoms with Crippen LogP contribution in [0.4, 0.5) is 0 Å². The van der Waals surface area contributed by atoms with Crippen LogP contribution in [-0.2, 0) is 4.74 Å². The molecular weight excluding hydrogens is 275 g/mol. The topological polar surface area (TPSA) is 44.1 Å². The number of alkyl halides is 2. The van der Waals surface area contributed by atoms with Gasteiger partial charge in [-0.1, -0.05) is 37.0 Å². The molecule has 1 aliphatic rings. The average Bonchev–Trinajstić information content (AvgIpc) is 2.52. The Labute approximate surface area is 116 Å². The van der Waals surface area contributed by atoms with Crippen molar-refractivity contribution in [3.05, 3.63) is 28.4 Å². The molecule has 0 N–H and O–H groups in total. The molecule has 6 heteroatoms. The second kappa shape index (κ2) is 4.83. The fourth-order valence-corrected chi connectivity index (χ4v) is 2.82. The number of ether oxygens (including phenoxy) is 1. The SMILES string of the molecule is CC[C@H]1O[C@@H](n2ccc(C)nc2=O)C(Cl)(Cl)[C@@H]1C. The first-order chi connectivity index (χ1) is 8.37. The van der Waals surface area contributed by atoms with E-state index in [1.807, 2.05) is 13.8 Å². The van der Waals surface area contributed by atoms with Gasteiger partial charge in [-0.15, -0.1) is 0 Å². The van der Waals surface area contributed by atoms with E-state index in [1.54, 1.807) is 19.2 Å². The third-order valence-corrected chi connectivity index (χ3v) is 4.48. The van der Waals surface area contributed by atoms with Crippen molar-refractivity contribution in [1.29, 1.82) is 0 Å². The number of hydrogen-bond acceptors (Lipinski definition) is 3. The molecule has 3 atom stereocenters. The van der Waals surface area contributed by atoms with Gasteiger partial charge < -0.3 is 4.74 Å². The number of hydrogen-bond donors (Lipinski definition) is 0. The molecule has 0 spiro atoms. The number of rotatable bonds is 2. The highest BCUT2D eigenvalue weighted by molar-refractivity contribution is 6.49. The number of halogens is 2. The number of aryl methyl sites for hydroxylation is 1. The highest BCUT2D eigenvalue weighted by Gasteiger charge is 2.53. The third kappa shape index (κ3) is 2.17. The summed E-state index contributed by atoms with van der Waals surface area (Å²) in [6.07, 6.45) is 1.67. The average molecular weight is 291 g/mol. The Hall–Kier alpha value is -0.580. The zero-order valence-corrected chi connectivity index (χ0v) is 12.1. The predicted molar refractivity (Wildman–Crippen MR) is 71.0 cm³/mol. The van der Waals surface area contributed by atoms with Crippen LogP contribution in [0, 0.1) is 12.8 Å². The Balaban J connectivity index is 2.42. The van der Waals surface area contributed by atoms with Crippen molar-refractivity contribution in [1.82, 2.24) is 9.55 Å². The minimum atomic E-state index is -1.12. The lowest BCUT2D eigenvalue weighted by Crippen LogP contribution is -2.36. The minimum Gasteiger partial charge on any atom is -0.351 e. The van der Waals surface area contributed by atoms with Crippen molar-refractivity contribution >= 4 is 23.2 Å². The summed E-state index contributed by atoms with van der Waals surface area (Å²) >= 11 is 12.7. The van der Waals surface area contributed by atoms with Crippen LogP contribution in [0.15, 0.2) is 17.1 Å². The molecular formula is C12H16Cl2N2O2. The summed E-state index contributed by atoms with van der Waals surface area (Å²) < 4.78 is 6.04. The summed E-state index contributed by atoms with van der Waals surface area (Å²) in [5, 5.41) is 0.